The molecule has 0 saturated carbocycles. The third-order valence-electron chi connectivity index (χ3n) is 4.23. The molecule has 10 nitrogen and oxygen atoms in total. The van der Waals surface area contributed by atoms with Gasteiger partial charge in [-0.25, -0.2) is 13.4 Å². The maximum atomic E-state index is 12.3. The highest BCUT2D eigenvalue weighted by Gasteiger charge is 2.39. The summed E-state index contributed by atoms with van der Waals surface area (Å²) in [5, 5.41) is 12.8. The lowest BCUT2D eigenvalue weighted by atomic mass is 10.1. The van der Waals surface area contributed by atoms with E-state index in [1.165, 1.54) is 6.07 Å². The summed E-state index contributed by atoms with van der Waals surface area (Å²) in [6.45, 7) is 1.08. The predicted octanol–water partition coefficient (Wildman–Crippen LogP) is 0.00900. The average Bonchev–Trinajstić information content (AvgIpc) is 2.94. The Labute approximate surface area is 179 Å². The lowest BCUT2D eigenvalue weighted by Crippen LogP contribution is -2.51. The number of carboxylic acids is 1. The van der Waals surface area contributed by atoms with Crippen LogP contribution < -0.4 is 16.4 Å². The van der Waals surface area contributed by atoms with Crippen molar-refractivity contribution in [1.82, 2.24) is 15.6 Å². The van der Waals surface area contributed by atoms with Crippen molar-refractivity contribution in [3.8, 4) is 0 Å². The van der Waals surface area contributed by atoms with Crippen LogP contribution in [0.5, 0.6) is 0 Å². The smallest absolute Gasteiger partial charge is 0.300 e. The van der Waals surface area contributed by atoms with Gasteiger partial charge in [-0.15, -0.1) is 0 Å². The first-order valence-corrected chi connectivity index (χ1v) is 11.1. The van der Waals surface area contributed by atoms with Crippen LogP contribution >= 0.6 is 0 Å². The standard InChI is InChI=1S/C18H20N4O4S.C2H4O2/c19-16-8-4-7-13(20-16)18(24)22-15-11-27(25,26)10-14(15)21-17(23)9-12-5-2-1-3-6-12;1-2(3)4/h1-8,14-15H,9-11H2,(H2,19,20)(H,21,23)(H,22,24);1H3,(H,3,4)/t14-,15+;/m0./s1. The Bertz CT molecular complexity index is 1040. The van der Waals surface area contributed by atoms with Gasteiger partial charge in [0, 0.05) is 6.92 Å². The average molecular weight is 449 g/mol. The predicted molar refractivity (Wildman–Crippen MR) is 114 cm³/mol. The van der Waals surface area contributed by atoms with Crippen LogP contribution in [0.1, 0.15) is 23.0 Å². The van der Waals surface area contributed by atoms with Gasteiger partial charge in [0.2, 0.25) is 5.91 Å². The minimum absolute atomic E-state index is 0.0914. The Kier molecular flexibility index (Phi) is 8.08. The van der Waals surface area contributed by atoms with Crippen molar-refractivity contribution in [2.24, 2.45) is 0 Å². The van der Waals surface area contributed by atoms with Crippen LogP contribution in [0.4, 0.5) is 5.82 Å². The summed E-state index contributed by atoms with van der Waals surface area (Å²) in [6.07, 6.45) is 0.134. The van der Waals surface area contributed by atoms with Crippen molar-refractivity contribution in [3.63, 3.8) is 0 Å². The number of aromatic nitrogens is 1. The molecule has 31 heavy (non-hydrogen) atoms. The number of hydrogen-bond acceptors (Lipinski definition) is 7. The Morgan fingerprint density at radius 3 is 2.19 bits per heavy atom. The minimum Gasteiger partial charge on any atom is -0.481 e. The molecule has 0 aliphatic carbocycles. The number of carbonyl (C=O) groups is 3. The van der Waals surface area contributed by atoms with E-state index in [4.69, 9.17) is 15.6 Å². The number of nitrogen functional groups attached to an aromatic ring is 1. The lowest BCUT2D eigenvalue weighted by Gasteiger charge is -2.20. The first-order chi connectivity index (χ1) is 14.6. The van der Waals surface area contributed by atoms with Gasteiger partial charge >= 0.3 is 0 Å². The summed E-state index contributed by atoms with van der Waals surface area (Å²) in [6, 6.07) is 12.3. The van der Waals surface area contributed by atoms with Gasteiger partial charge in [0.1, 0.15) is 11.5 Å². The van der Waals surface area contributed by atoms with Crippen molar-refractivity contribution in [1.29, 1.82) is 0 Å². The largest absolute Gasteiger partial charge is 0.481 e. The number of pyridine rings is 1. The molecule has 2 atom stereocenters. The third kappa shape index (κ3) is 8.05. The first kappa shape index (κ1) is 23.8. The van der Waals surface area contributed by atoms with E-state index in [9.17, 15) is 18.0 Å². The summed E-state index contributed by atoms with van der Waals surface area (Å²) in [7, 11) is -3.37. The van der Waals surface area contributed by atoms with E-state index in [1.807, 2.05) is 30.3 Å². The maximum Gasteiger partial charge on any atom is 0.300 e. The van der Waals surface area contributed by atoms with Gasteiger partial charge in [0.15, 0.2) is 9.84 Å². The minimum atomic E-state index is -3.37. The fourth-order valence-corrected chi connectivity index (χ4v) is 4.85. The van der Waals surface area contributed by atoms with Gasteiger partial charge in [-0.2, -0.15) is 0 Å². The number of aliphatic carboxylic acids is 1. The molecule has 1 aromatic carbocycles. The number of anilines is 1. The highest BCUT2D eigenvalue weighted by Crippen LogP contribution is 2.14. The molecule has 1 fully saturated rings. The van der Waals surface area contributed by atoms with Gasteiger partial charge in [-0.1, -0.05) is 36.4 Å². The van der Waals surface area contributed by atoms with Crippen molar-refractivity contribution in [3.05, 3.63) is 59.8 Å². The molecule has 1 aliphatic rings. The Balaban J connectivity index is 0.000000785. The summed E-state index contributed by atoms with van der Waals surface area (Å²) in [5.74, 6) is -1.94. The van der Waals surface area contributed by atoms with E-state index in [1.54, 1.807) is 12.1 Å². The van der Waals surface area contributed by atoms with Crippen LogP contribution in [-0.2, 0) is 25.8 Å². The molecule has 2 amide bonds. The lowest BCUT2D eigenvalue weighted by molar-refractivity contribution is -0.134. The molecule has 1 saturated heterocycles. The molecule has 0 bridgehead atoms. The zero-order valence-corrected chi connectivity index (χ0v) is 17.6. The number of nitrogens with zero attached hydrogens (tertiary/aromatic N) is 1. The van der Waals surface area contributed by atoms with Gasteiger partial charge in [0.05, 0.1) is 30.0 Å². The number of nitrogens with two attached hydrogens (primary N) is 1. The van der Waals surface area contributed by atoms with Crippen LogP contribution in [-0.4, -0.2) is 59.9 Å². The second-order valence-corrected chi connectivity index (χ2v) is 9.11. The fourth-order valence-electron chi connectivity index (χ4n) is 2.99. The molecule has 1 aliphatic heterocycles. The number of amides is 2. The number of carbonyl (C=O) groups excluding carboxylic acids is 2. The van der Waals surface area contributed by atoms with Crippen molar-refractivity contribution >= 4 is 33.4 Å². The van der Waals surface area contributed by atoms with Crippen LogP contribution in [0.2, 0.25) is 0 Å². The highest BCUT2D eigenvalue weighted by molar-refractivity contribution is 7.91. The van der Waals surface area contributed by atoms with Crippen LogP contribution in [0.15, 0.2) is 48.5 Å². The van der Waals surface area contributed by atoms with Crippen molar-refractivity contribution < 1.29 is 27.9 Å². The van der Waals surface area contributed by atoms with E-state index in [2.05, 4.69) is 15.6 Å². The normalized spacial score (nSPS) is 18.9. The molecule has 5 N–H and O–H groups in total. The zero-order valence-electron chi connectivity index (χ0n) is 16.8. The molecule has 1 aromatic heterocycles. The third-order valence-corrected chi connectivity index (χ3v) is 5.96. The highest BCUT2D eigenvalue weighted by atomic mass is 32.2. The maximum absolute atomic E-state index is 12.3. The second kappa shape index (κ2) is 10.5. The quantitative estimate of drug-likeness (QED) is 0.496. The molecular weight excluding hydrogens is 424 g/mol. The van der Waals surface area contributed by atoms with Gasteiger partial charge in [-0.3, -0.25) is 14.4 Å². The Morgan fingerprint density at radius 2 is 1.61 bits per heavy atom. The number of carboxylic acid groups (broad SMARTS) is 1. The molecule has 2 heterocycles. The number of hydrogen-bond donors (Lipinski definition) is 4. The summed E-state index contributed by atoms with van der Waals surface area (Å²) in [5.41, 5.74) is 6.48. The number of rotatable bonds is 5. The molecule has 0 radical (unpaired) electrons. The Hall–Kier alpha value is -3.47. The molecule has 0 spiro atoms. The van der Waals surface area contributed by atoms with E-state index in [0.717, 1.165) is 12.5 Å². The molecule has 0 unspecified atom stereocenters. The molecule has 3 rings (SSSR count). The summed E-state index contributed by atoms with van der Waals surface area (Å²) < 4.78 is 24.1. The van der Waals surface area contributed by atoms with Crippen LogP contribution in [0, 0.1) is 0 Å². The first-order valence-electron chi connectivity index (χ1n) is 9.32. The Morgan fingerprint density at radius 1 is 1.03 bits per heavy atom. The number of sulfone groups is 1. The number of benzene rings is 1. The van der Waals surface area contributed by atoms with E-state index < -0.39 is 33.8 Å². The SMILES string of the molecule is CC(=O)O.Nc1cccc(C(=O)N[C@@H]2CS(=O)(=O)C[C@@H]2NC(=O)Cc2ccccc2)n1. The second-order valence-electron chi connectivity index (χ2n) is 6.96. The molecule has 11 heteroatoms. The summed E-state index contributed by atoms with van der Waals surface area (Å²) in [4.78, 5) is 37.5. The summed E-state index contributed by atoms with van der Waals surface area (Å²) >= 11 is 0. The van der Waals surface area contributed by atoms with Gasteiger partial charge in [-0.05, 0) is 17.7 Å². The molecular formula is C20H24N4O6S. The topological polar surface area (TPSA) is 169 Å². The van der Waals surface area contributed by atoms with Crippen molar-refractivity contribution in [2.45, 2.75) is 25.4 Å². The van der Waals surface area contributed by atoms with Gasteiger partial charge < -0.3 is 21.5 Å². The number of nitrogens with one attached hydrogen (secondary N) is 2. The zero-order chi connectivity index (χ0) is 23.0. The van der Waals surface area contributed by atoms with Crippen molar-refractivity contribution in [2.75, 3.05) is 17.2 Å². The van der Waals surface area contributed by atoms with E-state index in [0.29, 0.717) is 0 Å². The van der Waals surface area contributed by atoms with E-state index in [-0.39, 0.29) is 35.3 Å². The monoisotopic (exact) mass is 448 g/mol. The molecule has 2 aromatic rings. The fraction of sp³-hybridized carbons (Fsp3) is 0.300. The van der Waals surface area contributed by atoms with Crippen LogP contribution in [0.25, 0.3) is 0 Å². The van der Waals surface area contributed by atoms with Crippen LogP contribution in [0.3, 0.4) is 0 Å². The van der Waals surface area contributed by atoms with E-state index >= 15 is 0 Å². The van der Waals surface area contributed by atoms with Gasteiger partial charge in [0.25, 0.3) is 11.9 Å². The molecule has 166 valence electrons.